The average Bonchev–Trinajstić information content (AvgIpc) is 3.36. The summed E-state index contributed by atoms with van der Waals surface area (Å²) in [4.78, 5) is 37.8. The number of unbranched alkanes of at least 4 members (excludes halogenated alkanes) is 42. The summed E-state index contributed by atoms with van der Waals surface area (Å²) in [5.74, 6) is -0.828. The quantitative estimate of drug-likeness (QED) is 0.0195. The molecule has 0 amide bonds. The van der Waals surface area contributed by atoms with E-state index in [-0.39, 0.29) is 32.0 Å². The second kappa shape index (κ2) is 56.2. The van der Waals surface area contributed by atoms with Gasteiger partial charge in [0.2, 0.25) is 0 Å². The first kappa shape index (κ1) is 72.5. The minimum Gasteiger partial charge on any atom is -0.756 e. The first-order chi connectivity index (χ1) is 36.0. The molecule has 0 aromatic heterocycles. The van der Waals surface area contributed by atoms with Crippen LogP contribution in [0.1, 0.15) is 322 Å². The van der Waals surface area contributed by atoms with Gasteiger partial charge in [0.25, 0.3) is 7.82 Å². The van der Waals surface area contributed by atoms with E-state index in [2.05, 4.69) is 38.2 Å². The molecule has 0 bridgehead atoms. The maximum absolute atomic E-state index is 12.8. The van der Waals surface area contributed by atoms with Gasteiger partial charge in [-0.15, -0.1) is 0 Å². The van der Waals surface area contributed by atoms with Crippen molar-refractivity contribution in [2.24, 2.45) is 0 Å². The highest BCUT2D eigenvalue weighted by Gasteiger charge is 2.22. The van der Waals surface area contributed by atoms with E-state index in [4.69, 9.17) is 18.5 Å². The molecule has 0 saturated carbocycles. The fraction of sp³-hybridized carbons (Fsp3) is 0.906. The lowest BCUT2D eigenvalue weighted by atomic mass is 10.0. The van der Waals surface area contributed by atoms with Crippen molar-refractivity contribution in [1.82, 2.24) is 0 Å². The monoisotopic (exact) mass is 1070 g/mol. The Balaban J connectivity index is 3.88. The highest BCUT2D eigenvalue weighted by Crippen LogP contribution is 2.38. The topological polar surface area (TPSA) is 111 Å². The lowest BCUT2D eigenvalue weighted by Crippen LogP contribution is -2.37. The lowest BCUT2D eigenvalue weighted by Gasteiger charge is -2.28. The molecule has 0 saturated heterocycles. The minimum atomic E-state index is -4.63. The molecule has 0 aliphatic carbocycles. The number of rotatable bonds is 60. The smallest absolute Gasteiger partial charge is 0.306 e. The summed E-state index contributed by atoms with van der Waals surface area (Å²) in [7, 11) is 1.18. The predicted octanol–water partition coefficient (Wildman–Crippen LogP) is 19.5. The first-order valence-electron chi connectivity index (χ1n) is 32.0. The van der Waals surface area contributed by atoms with E-state index in [1.165, 1.54) is 238 Å². The van der Waals surface area contributed by atoms with Crippen LogP contribution in [0.15, 0.2) is 24.3 Å². The standard InChI is InChI=1S/C64H124NO8P/c1-6-8-10-12-14-16-18-20-21-22-23-24-25-26-27-28-29-30-31-32-33-34-35-36-37-38-39-40-41-42-43-45-47-49-51-53-55-57-64(67)73-62(61-72-74(68,69)71-59-58-65(3,4)5)60-70-63(66)56-54-52-50-48-46-44-19-17-15-13-11-9-7-2/h17,19,22-23,62H,6-16,18,20-21,24-61H2,1-5H3/b19-17-,23-22-. The van der Waals surface area contributed by atoms with E-state index in [1.54, 1.807) is 0 Å². The van der Waals surface area contributed by atoms with Crippen molar-refractivity contribution in [3.8, 4) is 0 Å². The Morgan fingerprint density at radius 2 is 0.689 bits per heavy atom. The molecule has 74 heavy (non-hydrogen) atoms. The Morgan fingerprint density at radius 3 is 1.01 bits per heavy atom. The van der Waals surface area contributed by atoms with Crippen molar-refractivity contribution in [3.05, 3.63) is 24.3 Å². The number of likely N-dealkylation sites (N-methyl/N-ethyl adjacent to an activating group) is 1. The van der Waals surface area contributed by atoms with Crippen molar-refractivity contribution in [2.75, 3.05) is 47.5 Å². The number of hydrogen-bond donors (Lipinski definition) is 0. The SMILES string of the molecule is CCCCCC/C=C\CCCCCCCC(=O)OCC(COP(=O)([O-])OCC[N+](C)(C)C)OC(=O)CCCCCCCCCCCCCCCCCCCCCCCCCCC/C=C\CCCCCCCCCC. The number of hydrogen-bond acceptors (Lipinski definition) is 8. The Hall–Kier alpha value is -1.51. The Labute approximate surface area is 459 Å². The predicted molar refractivity (Wildman–Crippen MR) is 314 cm³/mol. The van der Waals surface area contributed by atoms with Crippen LogP contribution in [0.3, 0.4) is 0 Å². The minimum absolute atomic E-state index is 0.0292. The van der Waals surface area contributed by atoms with Gasteiger partial charge in [0.1, 0.15) is 19.8 Å². The molecule has 0 spiro atoms. The second-order valence-electron chi connectivity index (χ2n) is 23.1. The highest BCUT2D eigenvalue weighted by atomic mass is 31.2. The van der Waals surface area contributed by atoms with Crippen molar-refractivity contribution < 1.29 is 42.1 Å². The van der Waals surface area contributed by atoms with Gasteiger partial charge in [-0.25, -0.2) is 0 Å². The van der Waals surface area contributed by atoms with E-state index < -0.39 is 26.5 Å². The summed E-state index contributed by atoms with van der Waals surface area (Å²) < 4.78 is 34.1. The molecular weight excluding hydrogens is 942 g/mol. The van der Waals surface area contributed by atoms with Crippen LogP contribution in [0.5, 0.6) is 0 Å². The van der Waals surface area contributed by atoms with Crippen LogP contribution >= 0.6 is 7.82 Å². The summed E-state index contributed by atoms with van der Waals surface area (Å²) >= 11 is 0. The molecule has 0 fully saturated rings. The van der Waals surface area contributed by atoms with Gasteiger partial charge in [0.15, 0.2) is 6.10 Å². The number of esters is 2. The highest BCUT2D eigenvalue weighted by molar-refractivity contribution is 7.45. The zero-order chi connectivity index (χ0) is 54.2. The summed E-state index contributed by atoms with van der Waals surface area (Å²) in [6.07, 6.45) is 68.4. The Kier molecular flexibility index (Phi) is 55.1. The van der Waals surface area contributed by atoms with Gasteiger partial charge in [-0.05, 0) is 64.2 Å². The van der Waals surface area contributed by atoms with Gasteiger partial charge in [-0.3, -0.25) is 14.2 Å². The Bertz CT molecular complexity index is 1300. The maximum atomic E-state index is 12.8. The van der Waals surface area contributed by atoms with Gasteiger partial charge in [-0.2, -0.15) is 0 Å². The largest absolute Gasteiger partial charge is 0.756 e. The van der Waals surface area contributed by atoms with Crippen LogP contribution < -0.4 is 4.89 Å². The van der Waals surface area contributed by atoms with Crippen molar-refractivity contribution >= 4 is 19.8 Å². The number of ether oxygens (including phenoxy) is 2. The number of carbonyl (C=O) groups is 2. The molecule has 0 radical (unpaired) electrons. The number of allylic oxidation sites excluding steroid dienone is 4. The van der Waals surface area contributed by atoms with Gasteiger partial charge >= 0.3 is 11.9 Å². The molecule has 0 heterocycles. The number of quaternary nitrogens is 1. The van der Waals surface area contributed by atoms with Gasteiger partial charge in [0, 0.05) is 12.8 Å². The molecule has 0 aliphatic rings. The number of phosphoric acid groups is 1. The fourth-order valence-corrected chi connectivity index (χ4v) is 10.2. The van der Waals surface area contributed by atoms with Crippen LogP contribution in [0.25, 0.3) is 0 Å². The first-order valence-corrected chi connectivity index (χ1v) is 33.5. The molecule has 0 aliphatic heterocycles. The molecule has 0 aromatic carbocycles. The third-order valence-electron chi connectivity index (χ3n) is 14.4. The number of nitrogens with zero attached hydrogens (tertiary/aromatic N) is 1. The molecule has 2 atom stereocenters. The van der Waals surface area contributed by atoms with Gasteiger partial charge in [0.05, 0.1) is 27.7 Å². The van der Waals surface area contributed by atoms with Gasteiger partial charge < -0.3 is 27.9 Å². The van der Waals surface area contributed by atoms with E-state index in [0.717, 1.165) is 51.4 Å². The van der Waals surface area contributed by atoms with Crippen LogP contribution in [0.2, 0.25) is 0 Å². The van der Waals surface area contributed by atoms with E-state index >= 15 is 0 Å². The summed E-state index contributed by atoms with van der Waals surface area (Å²) in [6.45, 7) is 4.26. The zero-order valence-corrected chi connectivity index (χ0v) is 50.7. The van der Waals surface area contributed by atoms with Crippen LogP contribution in [0, 0.1) is 0 Å². The molecule has 9 nitrogen and oxygen atoms in total. The third kappa shape index (κ3) is 59.7. The van der Waals surface area contributed by atoms with Gasteiger partial charge in [-0.1, -0.05) is 269 Å². The number of phosphoric ester groups is 1. The molecule has 0 N–H and O–H groups in total. The molecule has 438 valence electrons. The normalized spacial score (nSPS) is 13.3. The van der Waals surface area contributed by atoms with Crippen molar-refractivity contribution in [3.63, 3.8) is 0 Å². The average molecular weight is 1070 g/mol. The summed E-state index contributed by atoms with van der Waals surface area (Å²) in [5, 5.41) is 0. The maximum Gasteiger partial charge on any atom is 0.306 e. The molecular formula is C64H124NO8P. The number of carbonyl (C=O) groups excluding carboxylic acids is 2. The van der Waals surface area contributed by atoms with Crippen LogP contribution in [-0.2, 0) is 32.7 Å². The molecule has 0 aromatic rings. The summed E-state index contributed by atoms with van der Waals surface area (Å²) in [5.41, 5.74) is 0. The van der Waals surface area contributed by atoms with Crippen molar-refractivity contribution in [1.29, 1.82) is 0 Å². The van der Waals surface area contributed by atoms with Crippen molar-refractivity contribution in [2.45, 2.75) is 328 Å². The molecule has 0 rings (SSSR count). The third-order valence-corrected chi connectivity index (χ3v) is 15.4. The zero-order valence-electron chi connectivity index (χ0n) is 49.8. The van der Waals surface area contributed by atoms with Crippen LogP contribution in [-0.4, -0.2) is 70.0 Å². The molecule has 10 heteroatoms. The van der Waals surface area contributed by atoms with Crippen LogP contribution in [0.4, 0.5) is 0 Å². The summed E-state index contributed by atoms with van der Waals surface area (Å²) in [6, 6.07) is 0. The Morgan fingerprint density at radius 1 is 0.405 bits per heavy atom. The van der Waals surface area contributed by atoms with E-state index in [9.17, 15) is 19.0 Å². The lowest BCUT2D eigenvalue weighted by molar-refractivity contribution is -0.870. The van der Waals surface area contributed by atoms with E-state index in [0.29, 0.717) is 17.4 Å². The van der Waals surface area contributed by atoms with E-state index in [1.807, 2.05) is 21.1 Å². The molecule has 2 unspecified atom stereocenters. The fourth-order valence-electron chi connectivity index (χ4n) is 9.47. The second-order valence-corrected chi connectivity index (χ2v) is 24.5.